The van der Waals surface area contributed by atoms with E-state index >= 15 is 0 Å². The van der Waals surface area contributed by atoms with E-state index in [1.54, 1.807) is 18.3 Å². The summed E-state index contributed by atoms with van der Waals surface area (Å²) >= 11 is 0. The molecule has 4 nitrogen and oxygen atoms in total. The van der Waals surface area contributed by atoms with Crippen LogP contribution in [0, 0.1) is 0 Å². The second kappa shape index (κ2) is 13.3. The summed E-state index contributed by atoms with van der Waals surface area (Å²) < 4.78 is 0. The molecule has 0 saturated heterocycles. The van der Waals surface area contributed by atoms with Gasteiger partial charge in [0.25, 0.3) is 0 Å². The highest BCUT2D eigenvalue weighted by molar-refractivity contribution is 6.11. The van der Waals surface area contributed by atoms with Crippen LogP contribution in [0.2, 0.25) is 0 Å². The molecule has 4 heteroatoms. The van der Waals surface area contributed by atoms with Crippen LogP contribution >= 0.6 is 0 Å². The van der Waals surface area contributed by atoms with Crippen LogP contribution in [0.15, 0.2) is 109 Å². The minimum Gasteiger partial charge on any atom is -0.507 e. The molecule has 1 aromatic heterocycles. The third-order valence-corrected chi connectivity index (χ3v) is 9.11. The number of aromatic hydroxyl groups is 1. The van der Waals surface area contributed by atoms with Gasteiger partial charge in [-0.2, -0.15) is 0 Å². The maximum absolute atomic E-state index is 11.3. The van der Waals surface area contributed by atoms with Crippen molar-refractivity contribution in [1.82, 2.24) is 4.98 Å². The smallest absolute Gasteiger partial charge is 0.136 e. The second-order valence-electron chi connectivity index (χ2n) is 13.1. The van der Waals surface area contributed by atoms with Crippen molar-refractivity contribution in [2.45, 2.75) is 84.0 Å². The van der Waals surface area contributed by atoms with Crippen LogP contribution in [-0.2, 0) is 10.8 Å². The summed E-state index contributed by atoms with van der Waals surface area (Å²) in [6.07, 6.45) is 9.94. The van der Waals surface area contributed by atoms with E-state index in [-0.39, 0.29) is 10.8 Å². The molecule has 1 aliphatic carbocycles. The van der Waals surface area contributed by atoms with E-state index in [0.29, 0.717) is 11.6 Å². The molecule has 45 heavy (non-hydrogen) atoms. The third-order valence-electron chi connectivity index (χ3n) is 9.11. The van der Waals surface area contributed by atoms with E-state index in [1.165, 1.54) is 16.7 Å². The van der Waals surface area contributed by atoms with Crippen molar-refractivity contribution in [3.63, 3.8) is 0 Å². The molecule has 4 aromatic rings. The highest BCUT2D eigenvalue weighted by atomic mass is 16.3. The summed E-state index contributed by atoms with van der Waals surface area (Å²) in [5.74, 6) is 0.995. The average Bonchev–Trinajstić information content (AvgIpc) is 3.32. The zero-order valence-corrected chi connectivity index (χ0v) is 27.6. The molecular weight excluding hydrogens is 550 g/mol. The quantitative estimate of drug-likeness (QED) is 0.138. The number of unbranched alkanes of at least 4 members (excludes halogenated alkanes) is 2. The first kappa shape index (κ1) is 32.0. The number of hydrogen-bond donors (Lipinski definition) is 1. The molecule has 0 atom stereocenters. The minimum absolute atomic E-state index is 0.117. The number of phenols is 1. The summed E-state index contributed by atoms with van der Waals surface area (Å²) in [6.45, 7) is 19.1. The number of para-hydroxylation sites is 1. The lowest BCUT2D eigenvalue weighted by Gasteiger charge is -2.32. The molecule has 1 aliphatic rings. The van der Waals surface area contributed by atoms with Gasteiger partial charge in [0, 0.05) is 34.1 Å². The Kier molecular flexibility index (Phi) is 9.43. The van der Waals surface area contributed by atoms with Crippen molar-refractivity contribution in [1.29, 1.82) is 0 Å². The van der Waals surface area contributed by atoms with E-state index < -0.39 is 0 Å². The standard InChI is InChI=1S/C41H47N3O/c1-8-12-24-41(25-13-9-2)33-20-17-21-36(45)38(33)39-34(41)22-23-35(43-39)29-26-30(40(5,6)7)28-32(27-29)44(37(10-3)42-11-4)31-18-15-14-16-19-31/h10-11,14-23,26-28,45H,3-4,8-9,12-13,24-25H2,1-2,5-7H3. The molecule has 0 fully saturated rings. The molecule has 0 amide bonds. The van der Waals surface area contributed by atoms with Crippen LogP contribution in [0.25, 0.3) is 22.5 Å². The molecule has 0 saturated carbocycles. The van der Waals surface area contributed by atoms with Crippen molar-refractivity contribution in [3.8, 4) is 28.3 Å². The number of benzene rings is 3. The molecule has 3 aromatic carbocycles. The number of anilines is 2. The molecule has 1 N–H and O–H groups in total. The van der Waals surface area contributed by atoms with Gasteiger partial charge in [-0.25, -0.2) is 9.98 Å². The predicted octanol–water partition coefficient (Wildman–Crippen LogP) is 11.3. The number of aromatic nitrogens is 1. The second-order valence-corrected chi connectivity index (χ2v) is 13.1. The molecule has 0 unspecified atom stereocenters. The van der Waals surface area contributed by atoms with Gasteiger partial charge in [0.15, 0.2) is 0 Å². The van der Waals surface area contributed by atoms with Crippen LogP contribution < -0.4 is 4.90 Å². The Bertz CT molecular complexity index is 1700. The van der Waals surface area contributed by atoms with Gasteiger partial charge in [0.2, 0.25) is 0 Å². The van der Waals surface area contributed by atoms with Crippen LogP contribution in [0.5, 0.6) is 5.75 Å². The van der Waals surface area contributed by atoms with Gasteiger partial charge >= 0.3 is 0 Å². The zero-order chi connectivity index (χ0) is 32.2. The molecule has 1 heterocycles. The number of aliphatic imine (C=N–C) groups is 1. The van der Waals surface area contributed by atoms with Crippen molar-refractivity contribution >= 4 is 17.2 Å². The van der Waals surface area contributed by atoms with Crippen LogP contribution in [0.4, 0.5) is 11.4 Å². The number of pyridine rings is 1. The SMILES string of the molecule is C=CN=C(C=C)N(c1ccccc1)c1cc(-c2ccc3c(n2)-c2c(O)cccc2C3(CCCC)CCCC)cc(C(C)(C)C)c1. The van der Waals surface area contributed by atoms with Crippen LogP contribution in [-0.4, -0.2) is 15.9 Å². The lowest BCUT2D eigenvalue weighted by Crippen LogP contribution is -2.25. The normalized spacial score (nSPS) is 13.7. The monoisotopic (exact) mass is 597 g/mol. The molecule has 5 rings (SSSR count). The molecular formula is C41H47N3O. The molecule has 0 spiro atoms. The first-order chi connectivity index (χ1) is 21.7. The Morgan fingerprint density at radius 3 is 2.20 bits per heavy atom. The lowest BCUT2D eigenvalue weighted by molar-refractivity contribution is 0.412. The summed E-state index contributed by atoms with van der Waals surface area (Å²) in [5.41, 5.74) is 9.05. The fourth-order valence-electron chi connectivity index (χ4n) is 6.76. The molecule has 0 radical (unpaired) electrons. The van der Waals surface area contributed by atoms with E-state index in [0.717, 1.165) is 72.4 Å². The minimum atomic E-state index is -0.135. The van der Waals surface area contributed by atoms with Crippen molar-refractivity contribution in [2.24, 2.45) is 4.99 Å². The van der Waals surface area contributed by atoms with E-state index in [9.17, 15) is 5.11 Å². The summed E-state index contributed by atoms with van der Waals surface area (Å²) in [5, 5.41) is 11.3. The Labute approximate surface area is 269 Å². The van der Waals surface area contributed by atoms with Gasteiger partial charge < -0.3 is 5.11 Å². The van der Waals surface area contributed by atoms with Crippen LogP contribution in [0.1, 0.15) is 89.8 Å². The number of fused-ring (bicyclic) bond motifs is 3. The number of hydrogen-bond acceptors (Lipinski definition) is 3. The summed E-state index contributed by atoms with van der Waals surface area (Å²) in [6, 6.07) is 27.4. The van der Waals surface area contributed by atoms with Crippen molar-refractivity contribution in [3.05, 3.63) is 121 Å². The predicted molar refractivity (Wildman–Crippen MR) is 192 cm³/mol. The average molecular weight is 598 g/mol. The highest BCUT2D eigenvalue weighted by Crippen LogP contribution is 2.56. The Hall–Kier alpha value is -4.44. The number of nitrogens with zero attached hydrogens (tertiary/aromatic N) is 3. The molecule has 232 valence electrons. The highest BCUT2D eigenvalue weighted by Gasteiger charge is 2.44. The molecule has 0 aliphatic heterocycles. The van der Waals surface area contributed by atoms with E-state index in [2.05, 4.69) is 106 Å². The topological polar surface area (TPSA) is 48.7 Å². The van der Waals surface area contributed by atoms with E-state index in [4.69, 9.17) is 4.98 Å². The first-order valence-electron chi connectivity index (χ1n) is 16.3. The van der Waals surface area contributed by atoms with E-state index in [1.807, 2.05) is 24.3 Å². The molecule has 0 bridgehead atoms. The summed E-state index contributed by atoms with van der Waals surface area (Å²) in [7, 11) is 0. The Morgan fingerprint density at radius 1 is 0.867 bits per heavy atom. The van der Waals surface area contributed by atoms with Crippen molar-refractivity contribution < 1.29 is 5.11 Å². The number of amidine groups is 1. The fraction of sp³-hybridized carbons (Fsp3) is 0.317. The maximum atomic E-state index is 11.3. The Morgan fingerprint density at radius 2 is 1.58 bits per heavy atom. The third kappa shape index (κ3) is 6.11. The maximum Gasteiger partial charge on any atom is 0.136 e. The fourth-order valence-corrected chi connectivity index (χ4v) is 6.76. The van der Waals surface area contributed by atoms with Crippen LogP contribution in [0.3, 0.4) is 0 Å². The van der Waals surface area contributed by atoms with Gasteiger partial charge in [-0.1, -0.05) is 110 Å². The number of phenolic OH excluding ortho intramolecular Hbond substituents is 1. The largest absolute Gasteiger partial charge is 0.507 e. The Balaban J connectivity index is 1.75. The van der Waals surface area contributed by atoms with Gasteiger partial charge in [-0.3, -0.25) is 4.90 Å². The first-order valence-corrected chi connectivity index (χ1v) is 16.3. The van der Waals surface area contributed by atoms with Gasteiger partial charge in [-0.15, -0.1) is 0 Å². The zero-order valence-electron chi connectivity index (χ0n) is 27.6. The number of rotatable bonds is 11. The van der Waals surface area contributed by atoms with Crippen molar-refractivity contribution in [2.75, 3.05) is 4.90 Å². The summed E-state index contributed by atoms with van der Waals surface area (Å²) in [4.78, 5) is 12.1. The lowest BCUT2D eigenvalue weighted by atomic mass is 9.71. The van der Waals surface area contributed by atoms with Gasteiger partial charge in [0.05, 0.1) is 11.4 Å². The van der Waals surface area contributed by atoms with Gasteiger partial charge in [0.1, 0.15) is 11.6 Å². The van der Waals surface area contributed by atoms with Gasteiger partial charge in [-0.05, 0) is 83.5 Å².